The van der Waals surface area contributed by atoms with Gasteiger partial charge in [0.2, 0.25) is 5.88 Å². The van der Waals surface area contributed by atoms with E-state index in [1.807, 2.05) is 0 Å². The molecule has 1 fully saturated rings. The number of hydrogen-bond acceptors (Lipinski definition) is 10. The molecule has 3 aromatic rings. The van der Waals surface area contributed by atoms with Gasteiger partial charge in [0.25, 0.3) is 22.5 Å². The highest BCUT2D eigenvalue weighted by Crippen LogP contribution is 2.37. The number of amides is 2. The zero-order valence-electron chi connectivity index (χ0n) is 19.2. The number of carbonyl (C=O) groups excluding carboxylic acids is 2. The van der Waals surface area contributed by atoms with Crippen molar-refractivity contribution >= 4 is 40.4 Å². The van der Waals surface area contributed by atoms with Crippen molar-refractivity contribution in [2.75, 3.05) is 6.61 Å². The summed E-state index contributed by atoms with van der Waals surface area (Å²) < 4.78 is 11.3. The minimum Gasteiger partial charge on any atom is -0.490 e. The van der Waals surface area contributed by atoms with Crippen LogP contribution in [0.4, 0.5) is 16.2 Å². The first-order valence-corrected chi connectivity index (χ1v) is 11.6. The van der Waals surface area contributed by atoms with Crippen LogP contribution >= 0.6 is 11.8 Å². The summed E-state index contributed by atoms with van der Waals surface area (Å²) in [7, 11) is 0. The second-order valence-electron chi connectivity index (χ2n) is 7.51. The number of nitro groups is 2. The number of benzene rings is 2. The highest BCUT2D eigenvalue weighted by molar-refractivity contribution is 8.18. The predicted octanol–water partition coefficient (Wildman–Crippen LogP) is 5.33. The molecule has 188 valence electrons. The Kier molecular flexibility index (Phi) is 7.44. The fourth-order valence-corrected chi connectivity index (χ4v) is 4.24. The van der Waals surface area contributed by atoms with Crippen molar-refractivity contribution in [1.29, 1.82) is 0 Å². The molecular weight excluding hydrogens is 504 g/mol. The summed E-state index contributed by atoms with van der Waals surface area (Å²) in [6.45, 7) is 1.85. The number of nitrogens with zero attached hydrogens (tertiary/aromatic N) is 4. The fraction of sp³-hybridized carbons (Fsp3) is 0.125. The highest BCUT2D eigenvalue weighted by atomic mass is 32.2. The van der Waals surface area contributed by atoms with Crippen LogP contribution in [0, 0.1) is 20.2 Å². The Labute approximate surface area is 213 Å². The van der Waals surface area contributed by atoms with Crippen LogP contribution in [0.2, 0.25) is 0 Å². The van der Waals surface area contributed by atoms with Crippen molar-refractivity contribution in [3.8, 4) is 17.4 Å². The Morgan fingerprint density at radius 1 is 1.03 bits per heavy atom. The van der Waals surface area contributed by atoms with E-state index in [1.54, 1.807) is 31.2 Å². The number of nitro benzene ring substituents is 1. The van der Waals surface area contributed by atoms with Gasteiger partial charge >= 0.3 is 0 Å². The Balaban J connectivity index is 1.55. The third kappa shape index (κ3) is 5.73. The first kappa shape index (κ1) is 25.3. The average molecular weight is 522 g/mol. The average Bonchev–Trinajstić information content (AvgIpc) is 3.13. The summed E-state index contributed by atoms with van der Waals surface area (Å²) in [6.07, 6.45) is 2.59. The number of ether oxygens (including phenoxy) is 2. The molecule has 2 heterocycles. The first-order chi connectivity index (χ1) is 17.8. The number of hydrogen-bond donors (Lipinski definition) is 0. The van der Waals surface area contributed by atoms with E-state index in [0.29, 0.717) is 23.7 Å². The van der Waals surface area contributed by atoms with Crippen molar-refractivity contribution in [3.05, 3.63) is 97.1 Å². The predicted molar refractivity (Wildman–Crippen MR) is 133 cm³/mol. The Hall–Kier alpha value is -4.78. The number of aromatic nitrogens is 1. The molecule has 0 radical (unpaired) electrons. The minimum absolute atomic E-state index is 0.121. The maximum Gasteiger partial charge on any atom is 0.293 e. The molecule has 0 saturated carbocycles. The zero-order valence-corrected chi connectivity index (χ0v) is 20.0. The lowest BCUT2D eigenvalue weighted by Crippen LogP contribution is -2.27. The van der Waals surface area contributed by atoms with Crippen LogP contribution in [-0.2, 0) is 11.3 Å². The molecule has 13 heteroatoms. The lowest BCUT2D eigenvalue weighted by molar-refractivity contribution is -0.385. The largest absolute Gasteiger partial charge is 0.490 e. The summed E-state index contributed by atoms with van der Waals surface area (Å²) in [4.78, 5) is 51.4. The van der Waals surface area contributed by atoms with Gasteiger partial charge < -0.3 is 9.47 Å². The number of rotatable bonds is 9. The van der Waals surface area contributed by atoms with Crippen molar-refractivity contribution in [2.24, 2.45) is 0 Å². The van der Waals surface area contributed by atoms with Crippen molar-refractivity contribution in [1.82, 2.24) is 9.88 Å². The van der Waals surface area contributed by atoms with E-state index in [0.717, 1.165) is 22.9 Å². The zero-order chi connectivity index (χ0) is 26.5. The fourth-order valence-electron chi connectivity index (χ4n) is 3.40. The molecular formula is C24H18N4O8S. The summed E-state index contributed by atoms with van der Waals surface area (Å²) in [5.74, 6) is 0.178. The van der Waals surface area contributed by atoms with E-state index in [9.17, 15) is 29.8 Å². The number of para-hydroxylation sites is 1. The molecule has 1 saturated heterocycles. The van der Waals surface area contributed by atoms with Gasteiger partial charge in [-0.1, -0.05) is 24.3 Å². The number of pyridine rings is 1. The lowest BCUT2D eigenvalue weighted by Gasteiger charge is -2.13. The second kappa shape index (κ2) is 10.9. The van der Waals surface area contributed by atoms with Crippen LogP contribution in [-0.4, -0.2) is 37.5 Å². The summed E-state index contributed by atoms with van der Waals surface area (Å²) in [6, 6.07) is 13.4. The van der Waals surface area contributed by atoms with E-state index in [2.05, 4.69) is 4.98 Å². The monoisotopic (exact) mass is 522 g/mol. The molecule has 0 atom stereocenters. The van der Waals surface area contributed by atoms with Crippen LogP contribution in [0.3, 0.4) is 0 Å². The molecule has 0 spiro atoms. The Morgan fingerprint density at radius 3 is 2.49 bits per heavy atom. The molecule has 0 bridgehead atoms. The molecule has 1 aliphatic rings. The molecule has 0 N–H and O–H groups in total. The van der Waals surface area contributed by atoms with Gasteiger partial charge in [0.1, 0.15) is 6.20 Å². The second-order valence-corrected chi connectivity index (χ2v) is 8.50. The van der Waals surface area contributed by atoms with E-state index < -0.39 is 21.0 Å². The molecule has 37 heavy (non-hydrogen) atoms. The summed E-state index contributed by atoms with van der Waals surface area (Å²) in [5.41, 5.74) is 0.438. The maximum atomic E-state index is 12.9. The molecule has 1 aromatic heterocycles. The van der Waals surface area contributed by atoms with E-state index in [4.69, 9.17) is 9.47 Å². The van der Waals surface area contributed by atoms with E-state index in [1.165, 1.54) is 36.4 Å². The van der Waals surface area contributed by atoms with E-state index >= 15 is 0 Å². The SMILES string of the molecule is CCOc1cc(/C=C2\SC(=O)N(Cc3ccccc3[N+](=O)[O-])C2=O)ccc1Oc1ccc([N+](=O)[O-])cn1. The Morgan fingerprint density at radius 2 is 1.81 bits per heavy atom. The normalized spacial score (nSPS) is 14.2. The molecule has 2 amide bonds. The number of carbonyl (C=O) groups is 2. The van der Waals surface area contributed by atoms with Crippen molar-refractivity contribution in [3.63, 3.8) is 0 Å². The topological polar surface area (TPSA) is 155 Å². The van der Waals surface area contributed by atoms with Crippen LogP contribution in [0.15, 0.2) is 65.7 Å². The van der Waals surface area contributed by atoms with Gasteiger partial charge in [-0.25, -0.2) is 4.98 Å². The van der Waals surface area contributed by atoms with Crippen LogP contribution in [0.25, 0.3) is 6.08 Å². The third-order valence-corrected chi connectivity index (χ3v) is 6.01. The summed E-state index contributed by atoms with van der Waals surface area (Å²) in [5, 5.41) is 21.6. The molecule has 0 unspecified atom stereocenters. The molecule has 1 aliphatic heterocycles. The standard InChI is InChI=1S/C24H18N4O8S/c1-2-35-20-11-15(7-9-19(20)36-22-10-8-17(13-25-22)27(31)32)12-21-23(29)26(24(30)37-21)14-16-5-3-4-6-18(16)28(33)34/h3-13H,2,14H2,1H3/b21-12-. The Bertz CT molecular complexity index is 1420. The van der Waals surface area contributed by atoms with E-state index in [-0.39, 0.29) is 34.3 Å². The molecule has 0 aliphatic carbocycles. The van der Waals surface area contributed by atoms with Crippen molar-refractivity contribution in [2.45, 2.75) is 13.5 Å². The van der Waals surface area contributed by atoms with Crippen molar-refractivity contribution < 1.29 is 28.9 Å². The molecule has 12 nitrogen and oxygen atoms in total. The quantitative estimate of drug-likeness (QED) is 0.205. The molecule has 4 rings (SSSR count). The van der Waals surface area contributed by atoms with Crippen LogP contribution in [0.5, 0.6) is 17.4 Å². The van der Waals surface area contributed by atoms with Gasteiger partial charge in [0, 0.05) is 23.8 Å². The van der Waals surface area contributed by atoms with Crippen LogP contribution < -0.4 is 9.47 Å². The van der Waals surface area contributed by atoms with Gasteiger partial charge in [0.15, 0.2) is 11.5 Å². The third-order valence-electron chi connectivity index (χ3n) is 5.10. The number of imide groups is 1. The summed E-state index contributed by atoms with van der Waals surface area (Å²) >= 11 is 0.731. The smallest absolute Gasteiger partial charge is 0.293 e. The minimum atomic E-state index is -0.569. The first-order valence-electron chi connectivity index (χ1n) is 10.8. The van der Waals surface area contributed by atoms with Gasteiger partial charge in [0.05, 0.1) is 27.9 Å². The van der Waals surface area contributed by atoms with Gasteiger partial charge in [-0.05, 0) is 42.5 Å². The maximum absolute atomic E-state index is 12.9. The molecule has 2 aromatic carbocycles. The van der Waals surface area contributed by atoms with Crippen LogP contribution in [0.1, 0.15) is 18.1 Å². The van der Waals surface area contributed by atoms with Gasteiger partial charge in [-0.3, -0.25) is 34.7 Å². The lowest BCUT2D eigenvalue weighted by atomic mass is 10.1. The highest BCUT2D eigenvalue weighted by Gasteiger charge is 2.36. The van der Waals surface area contributed by atoms with Gasteiger partial charge in [-0.15, -0.1) is 0 Å². The number of thioether (sulfide) groups is 1. The van der Waals surface area contributed by atoms with Gasteiger partial charge in [-0.2, -0.15) is 0 Å².